The number of benzene rings is 3. The molecule has 0 fully saturated rings. The smallest absolute Gasteiger partial charge is 0.255 e. The van der Waals surface area contributed by atoms with Crippen LogP contribution in [-0.4, -0.2) is 11.8 Å². The molecular formula is C23H20N2O2. The van der Waals surface area contributed by atoms with Gasteiger partial charge in [0.2, 0.25) is 0 Å². The quantitative estimate of drug-likeness (QED) is 0.740. The molecule has 4 nitrogen and oxygen atoms in total. The molecule has 2 N–H and O–H groups in total. The zero-order valence-corrected chi connectivity index (χ0v) is 15.1. The fraction of sp³-hybridized carbons (Fsp3) is 0.130. The number of carbonyl (C=O) groups is 2. The molecule has 0 aliphatic carbocycles. The Morgan fingerprint density at radius 2 is 1.74 bits per heavy atom. The number of hydrogen-bond donors (Lipinski definition) is 2. The van der Waals surface area contributed by atoms with E-state index in [-0.39, 0.29) is 11.8 Å². The number of rotatable bonds is 4. The third kappa shape index (κ3) is 3.47. The summed E-state index contributed by atoms with van der Waals surface area (Å²) in [7, 11) is 0. The van der Waals surface area contributed by atoms with E-state index < -0.39 is 0 Å². The van der Waals surface area contributed by atoms with Gasteiger partial charge in [0.1, 0.15) is 0 Å². The SMILES string of the molecule is Cc1ccc(C(=O)Nc2ccc(Cc3ccccc3)c3c2C(=O)NC3)cc1. The Balaban J connectivity index is 1.64. The summed E-state index contributed by atoms with van der Waals surface area (Å²) in [5, 5.41) is 5.78. The van der Waals surface area contributed by atoms with Crippen LogP contribution in [0.25, 0.3) is 0 Å². The van der Waals surface area contributed by atoms with Crippen molar-refractivity contribution in [3.8, 4) is 0 Å². The summed E-state index contributed by atoms with van der Waals surface area (Å²) in [5.41, 5.74) is 6.05. The van der Waals surface area contributed by atoms with Gasteiger partial charge in [0.05, 0.1) is 11.3 Å². The average Bonchev–Trinajstić information content (AvgIpc) is 3.07. The Hall–Kier alpha value is -3.40. The molecule has 1 aliphatic heterocycles. The highest BCUT2D eigenvalue weighted by molar-refractivity contribution is 6.10. The van der Waals surface area contributed by atoms with Crippen LogP contribution >= 0.6 is 0 Å². The van der Waals surface area contributed by atoms with Gasteiger partial charge in [0, 0.05) is 12.1 Å². The number of aryl methyl sites for hydroxylation is 1. The molecule has 1 aliphatic rings. The van der Waals surface area contributed by atoms with Gasteiger partial charge in [-0.25, -0.2) is 0 Å². The van der Waals surface area contributed by atoms with Gasteiger partial charge in [-0.05, 0) is 48.2 Å². The van der Waals surface area contributed by atoms with Gasteiger partial charge in [-0.15, -0.1) is 0 Å². The fourth-order valence-electron chi connectivity index (χ4n) is 3.39. The molecule has 1 heterocycles. The number of amides is 2. The lowest BCUT2D eigenvalue weighted by Gasteiger charge is -2.13. The summed E-state index contributed by atoms with van der Waals surface area (Å²) in [6, 6.07) is 21.3. The highest BCUT2D eigenvalue weighted by Crippen LogP contribution is 2.29. The summed E-state index contributed by atoms with van der Waals surface area (Å²) in [6.45, 7) is 2.47. The van der Waals surface area contributed by atoms with Crippen molar-refractivity contribution >= 4 is 17.5 Å². The molecule has 2 amide bonds. The summed E-state index contributed by atoms with van der Waals surface area (Å²) < 4.78 is 0. The van der Waals surface area contributed by atoms with Crippen molar-refractivity contribution in [1.29, 1.82) is 0 Å². The third-order valence-electron chi connectivity index (χ3n) is 4.86. The minimum absolute atomic E-state index is 0.140. The van der Waals surface area contributed by atoms with Crippen LogP contribution in [0.5, 0.6) is 0 Å². The van der Waals surface area contributed by atoms with Crippen molar-refractivity contribution in [1.82, 2.24) is 5.32 Å². The Morgan fingerprint density at radius 3 is 2.48 bits per heavy atom. The summed E-state index contributed by atoms with van der Waals surface area (Å²) in [5.74, 6) is -0.355. The van der Waals surface area contributed by atoms with Gasteiger partial charge in [0.25, 0.3) is 11.8 Å². The lowest BCUT2D eigenvalue weighted by Crippen LogP contribution is -2.17. The molecule has 0 aromatic heterocycles. The van der Waals surface area contributed by atoms with Crippen LogP contribution in [0, 0.1) is 6.92 Å². The Labute approximate surface area is 158 Å². The van der Waals surface area contributed by atoms with Crippen LogP contribution in [0.3, 0.4) is 0 Å². The van der Waals surface area contributed by atoms with Gasteiger partial charge in [-0.2, -0.15) is 0 Å². The number of nitrogens with one attached hydrogen (secondary N) is 2. The van der Waals surface area contributed by atoms with Crippen molar-refractivity contribution < 1.29 is 9.59 Å². The first-order chi connectivity index (χ1) is 13.1. The Morgan fingerprint density at radius 1 is 1.00 bits per heavy atom. The first kappa shape index (κ1) is 17.0. The molecule has 0 spiro atoms. The Kier molecular flexibility index (Phi) is 4.47. The third-order valence-corrected chi connectivity index (χ3v) is 4.86. The zero-order valence-electron chi connectivity index (χ0n) is 15.1. The van der Waals surface area contributed by atoms with Crippen LogP contribution < -0.4 is 10.6 Å². The first-order valence-corrected chi connectivity index (χ1v) is 8.97. The minimum Gasteiger partial charge on any atom is -0.348 e. The zero-order chi connectivity index (χ0) is 18.8. The lowest BCUT2D eigenvalue weighted by molar-refractivity contribution is 0.0966. The first-order valence-electron chi connectivity index (χ1n) is 8.97. The maximum absolute atomic E-state index is 12.6. The monoisotopic (exact) mass is 356 g/mol. The van der Waals surface area contributed by atoms with Crippen LogP contribution in [0.1, 0.15) is 43.0 Å². The molecule has 0 atom stereocenters. The van der Waals surface area contributed by atoms with Gasteiger partial charge in [-0.3, -0.25) is 9.59 Å². The second-order valence-corrected chi connectivity index (χ2v) is 6.79. The van der Waals surface area contributed by atoms with E-state index in [0.29, 0.717) is 23.4 Å². The maximum atomic E-state index is 12.6. The molecule has 3 aromatic rings. The normalized spacial score (nSPS) is 12.4. The molecule has 134 valence electrons. The number of hydrogen-bond acceptors (Lipinski definition) is 2. The van der Waals surface area contributed by atoms with E-state index in [4.69, 9.17) is 0 Å². The largest absolute Gasteiger partial charge is 0.348 e. The molecule has 0 unspecified atom stereocenters. The van der Waals surface area contributed by atoms with E-state index in [0.717, 1.165) is 23.1 Å². The predicted octanol–water partition coefficient (Wildman–Crippen LogP) is 4.08. The van der Waals surface area contributed by atoms with Crippen LogP contribution in [0.15, 0.2) is 66.7 Å². The highest BCUT2D eigenvalue weighted by atomic mass is 16.2. The molecule has 4 heteroatoms. The standard InChI is InChI=1S/C23H20N2O2/c1-15-7-9-17(10-8-15)22(26)25-20-12-11-18(13-16-5-3-2-4-6-16)19-14-24-23(27)21(19)20/h2-12H,13-14H2,1H3,(H,24,27)(H,25,26). The molecule has 27 heavy (non-hydrogen) atoms. The molecule has 0 saturated carbocycles. The van der Waals surface area contributed by atoms with Gasteiger partial charge >= 0.3 is 0 Å². The average molecular weight is 356 g/mol. The molecule has 3 aromatic carbocycles. The molecule has 0 radical (unpaired) electrons. The number of fused-ring (bicyclic) bond motifs is 1. The minimum atomic E-state index is -0.215. The molecule has 4 rings (SSSR count). The Bertz CT molecular complexity index is 1010. The number of carbonyl (C=O) groups excluding carboxylic acids is 2. The lowest BCUT2D eigenvalue weighted by atomic mass is 9.96. The van der Waals surface area contributed by atoms with E-state index >= 15 is 0 Å². The van der Waals surface area contributed by atoms with E-state index in [9.17, 15) is 9.59 Å². The van der Waals surface area contributed by atoms with Crippen molar-refractivity contribution in [2.75, 3.05) is 5.32 Å². The van der Waals surface area contributed by atoms with Crippen molar-refractivity contribution in [2.45, 2.75) is 19.9 Å². The van der Waals surface area contributed by atoms with E-state index in [1.807, 2.05) is 49.4 Å². The van der Waals surface area contributed by atoms with Gasteiger partial charge in [-0.1, -0.05) is 54.1 Å². The van der Waals surface area contributed by atoms with E-state index in [1.54, 1.807) is 12.1 Å². The molecular weight excluding hydrogens is 336 g/mol. The van der Waals surface area contributed by atoms with E-state index in [1.165, 1.54) is 5.56 Å². The summed E-state index contributed by atoms with van der Waals surface area (Å²) >= 11 is 0. The second-order valence-electron chi connectivity index (χ2n) is 6.79. The van der Waals surface area contributed by atoms with Gasteiger partial charge < -0.3 is 10.6 Å². The topological polar surface area (TPSA) is 58.2 Å². The predicted molar refractivity (Wildman–Crippen MR) is 106 cm³/mol. The highest BCUT2D eigenvalue weighted by Gasteiger charge is 2.26. The molecule has 0 bridgehead atoms. The van der Waals surface area contributed by atoms with Gasteiger partial charge in [0.15, 0.2) is 0 Å². The van der Waals surface area contributed by atoms with Crippen LogP contribution in [0.4, 0.5) is 5.69 Å². The van der Waals surface area contributed by atoms with E-state index in [2.05, 4.69) is 22.8 Å². The van der Waals surface area contributed by atoms with Crippen LogP contribution in [0.2, 0.25) is 0 Å². The fourth-order valence-corrected chi connectivity index (χ4v) is 3.39. The van der Waals surface area contributed by atoms with Crippen molar-refractivity contribution in [2.24, 2.45) is 0 Å². The molecule has 0 saturated heterocycles. The van der Waals surface area contributed by atoms with Crippen molar-refractivity contribution in [3.63, 3.8) is 0 Å². The summed E-state index contributed by atoms with van der Waals surface area (Å²) in [6.07, 6.45) is 0.754. The second kappa shape index (κ2) is 7.08. The summed E-state index contributed by atoms with van der Waals surface area (Å²) in [4.78, 5) is 25.0. The number of anilines is 1. The van der Waals surface area contributed by atoms with Crippen LogP contribution in [-0.2, 0) is 13.0 Å². The van der Waals surface area contributed by atoms with Crippen molar-refractivity contribution in [3.05, 3.63) is 100 Å². The maximum Gasteiger partial charge on any atom is 0.255 e.